The average molecular weight is 260 g/mol. The van der Waals surface area contributed by atoms with Crippen LogP contribution in [0.15, 0.2) is 36.5 Å². The van der Waals surface area contributed by atoms with Crippen LogP contribution in [0.3, 0.4) is 0 Å². The van der Waals surface area contributed by atoms with Crippen LogP contribution in [0.25, 0.3) is 11.1 Å². The number of rotatable bonds is 3. The Morgan fingerprint density at radius 1 is 1.32 bits per heavy atom. The highest BCUT2D eigenvalue weighted by atomic mass is 19.1. The largest absolute Gasteiger partial charge is 0.496 e. The zero-order valence-electron chi connectivity index (χ0n) is 10.6. The molecule has 0 aliphatic heterocycles. The van der Waals surface area contributed by atoms with E-state index < -0.39 is 5.82 Å². The van der Waals surface area contributed by atoms with Gasteiger partial charge in [-0.3, -0.25) is 4.79 Å². The number of ether oxygens (including phenoxy) is 1. The molecule has 1 N–H and O–H groups in total. The van der Waals surface area contributed by atoms with Crippen LogP contribution in [-0.2, 0) is 4.79 Å². The van der Waals surface area contributed by atoms with Crippen LogP contribution in [0.2, 0.25) is 0 Å². The molecule has 0 atom stereocenters. The number of anilines is 1. The van der Waals surface area contributed by atoms with Crippen molar-refractivity contribution in [1.82, 2.24) is 4.98 Å². The normalized spacial score (nSPS) is 10.1. The molecule has 0 radical (unpaired) electrons. The Balaban J connectivity index is 2.51. The van der Waals surface area contributed by atoms with Crippen LogP contribution in [-0.4, -0.2) is 18.0 Å². The fourth-order valence-corrected chi connectivity index (χ4v) is 1.76. The molecular weight excluding hydrogens is 247 g/mol. The van der Waals surface area contributed by atoms with E-state index in [1.54, 1.807) is 24.3 Å². The van der Waals surface area contributed by atoms with Crippen LogP contribution in [0.5, 0.6) is 5.75 Å². The van der Waals surface area contributed by atoms with Crippen molar-refractivity contribution in [2.24, 2.45) is 0 Å². The number of carbonyl (C=O) groups is 1. The molecule has 0 spiro atoms. The zero-order valence-corrected chi connectivity index (χ0v) is 10.6. The first kappa shape index (κ1) is 13.0. The van der Waals surface area contributed by atoms with Crippen molar-refractivity contribution >= 4 is 11.7 Å². The summed E-state index contributed by atoms with van der Waals surface area (Å²) in [5.41, 5.74) is 0.938. The number of carbonyl (C=O) groups excluding carboxylic acids is 1. The molecule has 98 valence electrons. The first-order valence-corrected chi connectivity index (χ1v) is 5.68. The van der Waals surface area contributed by atoms with Crippen molar-refractivity contribution in [3.63, 3.8) is 0 Å². The minimum Gasteiger partial charge on any atom is -0.496 e. The van der Waals surface area contributed by atoms with E-state index >= 15 is 0 Å². The highest BCUT2D eigenvalue weighted by Crippen LogP contribution is 2.32. The molecular formula is C14H13FN2O2. The summed E-state index contributed by atoms with van der Waals surface area (Å²) < 4.78 is 19.1. The summed E-state index contributed by atoms with van der Waals surface area (Å²) in [5, 5.41) is 2.52. The fraction of sp³-hybridized carbons (Fsp3) is 0.143. The Morgan fingerprint density at radius 2 is 2.05 bits per heavy atom. The third-order valence-electron chi connectivity index (χ3n) is 2.56. The van der Waals surface area contributed by atoms with Gasteiger partial charge in [0.25, 0.3) is 0 Å². The molecule has 1 aromatic heterocycles. The van der Waals surface area contributed by atoms with Crippen LogP contribution in [0.4, 0.5) is 10.2 Å². The Kier molecular flexibility index (Phi) is 3.75. The van der Waals surface area contributed by atoms with Crippen molar-refractivity contribution in [3.05, 3.63) is 42.3 Å². The van der Waals surface area contributed by atoms with Gasteiger partial charge < -0.3 is 10.1 Å². The Morgan fingerprint density at radius 3 is 2.74 bits per heavy atom. The molecule has 0 unspecified atom stereocenters. The summed E-state index contributed by atoms with van der Waals surface area (Å²) in [5.74, 6) is 0.125. The Hall–Kier alpha value is -2.43. The monoisotopic (exact) mass is 260 g/mol. The van der Waals surface area contributed by atoms with E-state index in [1.165, 1.54) is 20.1 Å². The maximum atomic E-state index is 13.9. The van der Waals surface area contributed by atoms with Crippen LogP contribution < -0.4 is 10.1 Å². The second-order valence-corrected chi connectivity index (χ2v) is 3.93. The highest BCUT2D eigenvalue weighted by Gasteiger charge is 2.12. The number of nitrogens with zero attached hydrogens (tertiary/aromatic N) is 1. The lowest BCUT2D eigenvalue weighted by molar-refractivity contribution is -0.114. The lowest BCUT2D eigenvalue weighted by atomic mass is 10.1. The van der Waals surface area contributed by atoms with Gasteiger partial charge in [-0.2, -0.15) is 0 Å². The van der Waals surface area contributed by atoms with Crippen LogP contribution in [0.1, 0.15) is 6.92 Å². The SMILES string of the molecule is COc1ccccc1-c1cc(NC(C)=O)ncc1F. The molecule has 1 amide bonds. The molecule has 19 heavy (non-hydrogen) atoms. The van der Waals surface area contributed by atoms with Gasteiger partial charge in [-0.1, -0.05) is 18.2 Å². The van der Waals surface area contributed by atoms with E-state index in [9.17, 15) is 9.18 Å². The van der Waals surface area contributed by atoms with Gasteiger partial charge in [0.2, 0.25) is 5.91 Å². The lowest BCUT2D eigenvalue weighted by Crippen LogP contribution is -2.07. The fourth-order valence-electron chi connectivity index (χ4n) is 1.76. The van der Waals surface area contributed by atoms with Gasteiger partial charge in [-0.05, 0) is 12.1 Å². The number of aromatic nitrogens is 1. The molecule has 0 aliphatic carbocycles. The lowest BCUT2D eigenvalue weighted by Gasteiger charge is -2.10. The summed E-state index contributed by atoms with van der Waals surface area (Å²) in [6.45, 7) is 1.37. The van der Waals surface area contributed by atoms with Crippen molar-refractivity contribution in [3.8, 4) is 16.9 Å². The van der Waals surface area contributed by atoms with E-state index in [0.717, 1.165) is 6.20 Å². The first-order valence-electron chi connectivity index (χ1n) is 5.68. The number of nitrogens with one attached hydrogen (secondary N) is 1. The van der Waals surface area contributed by atoms with E-state index in [2.05, 4.69) is 10.3 Å². The van der Waals surface area contributed by atoms with E-state index in [0.29, 0.717) is 22.7 Å². The zero-order chi connectivity index (χ0) is 13.8. The Labute approximate surface area is 110 Å². The van der Waals surface area contributed by atoms with Crippen molar-refractivity contribution in [1.29, 1.82) is 0 Å². The predicted octanol–water partition coefficient (Wildman–Crippen LogP) is 2.85. The molecule has 1 heterocycles. The number of amides is 1. The average Bonchev–Trinajstić information content (AvgIpc) is 2.40. The van der Waals surface area contributed by atoms with Gasteiger partial charge in [0.05, 0.1) is 13.3 Å². The van der Waals surface area contributed by atoms with E-state index in [4.69, 9.17) is 4.74 Å². The third kappa shape index (κ3) is 2.88. The maximum absolute atomic E-state index is 13.9. The number of hydrogen-bond acceptors (Lipinski definition) is 3. The number of halogens is 1. The summed E-state index contributed by atoms with van der Waals surface area (Å²) in [6, 6.07) is 8.56. The molecule has 5 heteroatoms. The van der Waals surface area contributed by atoms with Crippen LogP contribution >= 0.6 is 0 Å². The summed E-state index contributed by atoms with van der Waals surface area (Å²) >= 11 is 0. The summed E-state index contributed by atoms with van der Waals surface area (Å²) in [6.07, 6.45) is 1.08. The topological polar surface area (TPSA) is 51.2 Å². The predicted molar refractivity (Wildman–Crippen MR) is 70.5 cm³/mol. The number of benzene rings is 1. The van der Waals surface area contributed by atoms with Gasteiger partial charge in [-0.15, -0.1) is 0 Å². The molecule has 0 saturated heterocycles. The summed E-state index contributed by atoms with van der Waals surface area (Å²) in [4.78, 5) is 14.8. The van der Waals surface area contributed by atoms with Gasteiger partial charge in [0, 0.05) is 18.1 Å². The quantitative estimate of drug-likeness (QED) is 0.923. The first-order chi connectivity index (χ1) is 9.11. The Bertz CT molecular complexity index is 614. The van der Waals surface area contributed by atoms with Crippen molar-refractivity contribution in [2.75, 3.05) is 12.4 Å². The second kappa shape index (κ2) is 5.48. The van der Waals surface area contributed by atoms with Gasteiger partial charge >= 0.3 is 0 Å². The number of hydrogen-bond donors (Lipinski definition) is 1. The van der Waals surface area contributed by atoms with Crippen LogP contribution in [0, 0.1) is 5.82 Å². The highest BCUT2D eigenvalue weighted by molar-refractivity contribution is 5.88. The number of methoxy groups -OCH3 is 1. The van der Waals surface area contributed by atoms with Gasteiger partial charge in [0.15, 0.2) is 0 Å². The number of para-hydroxylation sites is 1. The second-order valence-electron chi connectivity index (χ2n) is 3.93. The number of pyridine rings is 1. The van der Waals surface area contributed by atoms with Gasteiger partial charge in [0.1, 0.15) is 17.4 Å². The van der Waals surface area contributed by atoms with E-state index in [-0.39, 0.29) is 5.91 Å². The molecule has 2 rings (SSSR count). The molecule has 0 fully saturated rings. The molecule has 0 saturated carbocycles. The minimum absolute atomic E-state index is 0.259. The maximum Gasteiger partial charge on any atom is 0.222 e. The van der Waals surface area contributed by atoms with Crippen molar-refractivity contribution < 1.29 is 13.9 Å². The third-order valence-corrected chi connectivity index (χ3v) is 2.56. The molecule has 0 bridgehead atoms. The molecule has 4 nitrogen and oxygen atoms in total. The molecule has 1 aromatic carbocycles. The molecule has 0 aliphatic rings. The molecule has 2 aromatic rings. The van der Waals surface area contributed by atoms with Gasteiger partial charge in [-0.25, -0.2) is 9.37 Å². The van der Waals surface area contributed by atoms with Crippen molar-refractivity contribution in [2.45, 2.75) is 6.92 Å². The summed E-state index contributed by atoms with van der Waals surface area (Å²) in [7, 11) is 1.52. The smallest absolute Gasteiger partial charge is 0.222 e. The van der Waals surface area contributed by atoms with E-state index in [1.807, 2.05) is 0 Å². The standard InChI is InChI=1S/C14H13FN2O2/c1-9(18)17-14-7-11(12(15)8-16-14)10-5-3-4-6-13(10)19-2/h3-8H,1-2H3,(H,16,17,18). The minimum atomic E-state index is -0.474.